The van der Waals surface area contributed by atoms with Crippen LogP contribution in [0, 0.1) is 5.92 Å². The highest BCUT2D eigenvalue weighted by molar-refractivity contribution is 6.21. The van der Waals surface area contributed by atoms with Gasteiger partial charge in [0.1, 0.15) is 11.5 Å². The number of carbonyl (C=O) groups is 1. The molecule has 1 amide bonds. The van der Waals surface area contributed by atoms with E-state index < -0.39 is 0 Å². The van der Waals surface area contributed by atoms with E-state index in [4.69, 9.17) is 16.3 Å². The third kappa shape index (κ3) is 3.13. The average Bonchev–Trinajstić information content (AvgIpc) is 2.36. The molecule has 0 heterocycles. The van der Waals surface area contributed by atoms with E-state index in [2.05, 4.69) is 0 Å². The van der Waals surface area contributed by atoms with E-state index in [1.54, 1.807) is 24.1 Å². The molecule has 5 heteroatoms. The minimum absolute atomic E-state index is 0.0264. The molecule has 1 N–H and O–H groups in total. The highest BCUT2D eigenvalue weighted by Gasteiger charge is 2.29. The van der Waals surface area contributed by atoms with E-state index in [0.29, 0.717) is 18.2 Å². The summed E-state index contributed by atoms with van der Waals surface area (Å²) in [6.07, 6.45) is 1.90. The third-order valence-corrected chi connectivity index (χ3v) is 3.85. The van der Waals surface area contributed by atoms with Gasteiger partial charge in [0.2, 0.25) is 0 Å². The quantitative estimate of drug-likeness (QED) is 0.864. The van der Waals surface area contributed by atoms with Crippen molar-refractivity contribution < 1.29 is 14.6 Å². The van der Waals surface area contributed by atoms with Gasteiger partial charge in [0.15, 0.2) is 0 Å². The lowest BCUT2D eigenvalue weighted by Gasteiger charge is -2.34. The molecule has 1 aliphatic carbocycles. The monoisotopic (exact) mass is 283 g/mol. The van der Waals surface area contributed by atoms with E-state index in [1.807, 2.05) is 0 Å². The Hall–Kier alpha value is -1.42. The molecule has 0 atom stereocenters. The lowest BCUT2D eigenvalue weighted by atomic mass is 9.84. The molecule has 1 aromatic carbocycles. The predicted octanol–water partition coefficient (Wildman–Crippen LogP) is 2.49. The zero-order valence-electron chi connectivity index (χ0n) is 11.1. The maximum absolute atomic E-state index is 12.3. The second-order valence-corrected chi connectivity index (χ2v) is 5.62. The van der Waals surface area contributed by atoms with Crippen molar-refractivity contribution >= 4 is 17.5 Å². The summed E-state index contributed by atoms with van der Waals surface area (Å²) in [4.78, 5) is 13.9. The standard InChI is InChI=1S/C14H18ClNO3/c1-16(8-9-5-10(15)6-9)14(18)12-7-11(19-2)3-4-13(12)17/h3-4,7,9-10,17H,5-6,8H2,1-2H3. The Morgan fingerprint density at radius 3 is 2.79 bits per heavy atom. The van der Waals surface area contributed by atoms with Crippen LogP contribution in [0.3, 0.4) is 0 Å². The lowest BCUT2D eigenvalue weighted by Crippen LogP contribution is -2.37. The van der Waals surface area contributed by atoms with Crippen LogP contribution >= 0.6 is 11.6 Å². The zero-order valence-corrected chi connectivity index (χ0v) is 11.9. The van der Waals surface area contributed by atoms with E-state index >= 15 is 0 Å². The number of hydrogen-bond donors (Lipinski definition) is 1. The maximum atomic E-state index is 12.3. The molecule has 0 aliphatic heterocycles. The SMILES string of the molecule is COc1ccc(O)c(C(=O)N(C)CC2CC(Cl)C2)c1. The number of ether oxygens (including phenoxy) is 1. The molecule has 2 rings (SSSR count). The predicted molar refractivity (Wildman–Crippen MR) is 74.0 cm³/mol. The largest absolute Gasteiger partial charge is 0.507 e. The summed E-state index contributed by atoms with van der Waals surface area (Å²) in [5.74, 6) is 0.791. The number of halogens is 1. The second kappa shape index (κ2) is 5.70. The zero-order chi connectivity index (χ0) is 14.0. The fourth-order valence-corrected chi connectivity index (χ4v) is 2.80. The van der Waals surface area contributed by atoms with Crippen molar-refractivity contribution in [2.24, 2.45) is 5.92 Å². The molecule has 19 heavy (non-hydrogen) atoms. The van der Waals surface area contributed by atoms with Crippen molar-refractivity contribution in [2.45, 2.75) is 18.2 Å². The Labute approximate surface area is 117 Å². The van der Waals surface area contributed by atoms with Gasteiger partial charge in [0.25, 0.3) is 5.91 Å². The number of phenolic OH excluding ortho intramolecular Hbond substituents is 1. The van der Waals surface area contributed by atoms with Crippen molar-refractivity contribution in [2.75, 3.05) is 20.7 Å². The van der Waals surface area contributed by atoms with Gasteiger partial charge in [-0.25, -0.2) is 0 Å². The molecular weight excluding hydrogens is 266 g/mol. The summed E-state index contributed by atoms with van der Waals surface area (Å²) in [5.41, 5.74) is 0.267. The van der Waals surface area contributed by atoms with Crippen LogP contribution < -0.4 is 4.74 Å². The van der Waals surface area contributed by atoms with E-state index in [9.17, 15) is 9.90 Å². The van der Waals surface area contributed by atoms with Crippen LogP contribution in [0.15, 0.2) is 18.2 Å². The molecule has 0 unspecified atom stereocenters. The molecule has 0 spiro atoms. The summed E-state index contributed by atoms with van der Waals surface area (Å²) in [7, 11) is 3.27. The van der Waals surface area contributed by atoms with E-state index in [0.717, 1.165) is 12.8 Å². The number of methoxy groups -OCH3 is 1. The van der Waals surface area contributed by atoms with E-state index in [-0.39, 0.29) is 22.6 Å². The van der Waals surface area contributed by atoms with Crippen LogP contribution in [-0.2, 0) is 0 Å². The van der Waals surface area contributed by atoms with Crippen LogP contribution in [0.4, 0.5) is 0 Å². The molecule has 1 fully saturated rings. The first-order chi connectivity index (χ1) is 9.01. The third-order valence-electron chi connectivity index (χ3n) is 3.49. The number of phenols is 1. The average molecular weight is 284 g/mol. The van der Waals surface area contributed by atoms with Gasteiger partial charge in [-0.2, -0.15) is 0 Å². The fourth-order valence-electron chi connectivity index (χ4n) is 2.29. The van der Waals surface area contributed by atoms with Crippen LogP contribution in [0.25, 0.3) is 0 Å². The van der Waals surface area contributed by atoms with Gasteiger partial charge in [0, 0.05) is 19.0 Å². The minimum atomic E-state index is -0.200. The molecule has 4 nitrogen and oxygen atoms in total. The summed E-state index contributed by atoms with van der Waals surface area (Å²) in [6, 6.07) is 4.65. The van der Waals surface area contributed by atoms with Gasteiger partial charge >= 0.3 is 0 Å². The summed E-state index contributed by atoms with van der Waals surface area (Å²) >= 11 is 5.93. The number of hydrogen-bond acceptors (Lipinski definition) is 3. The Bertz CT molecular complexity index is 472. The van der Waals surface area contributed by atoms with Crippen molar-refractivity contribution in [1.29, 1.82) is 0 Å². The van der Waals surface area contributed by atoms with Crippen LogP contribution in [-0.4, -0.2) is 42.0 Å². The fraction of sp³-hybridized carbons (Fsp3) is 0.500. The highest BCUT2D eigenvalue weighted by atomic mass is 35.5. The van der Waals surface area contributed by atoms with Gasteiger partial charge in [-0.05, 0) is 37.0 Å². The Morgan fingerprint density at radius 2 is 2.21 bits per heavy atom. The van der Waals surface area contributed by atoms with Crippen molar-refractivity contribution in [3.05, 3.63) is 23.8 Å². The summed E-state index contributed by atoms with van der Waals surface area (Å²) in [5, 5.41) is 10.0. The number of alkyl halides is 1. The van der Waals surface area contributed by atoms with E-state index in [1.165, 1.54) is 13.2 Å². The molecule has 1 aromatic rings. The first kappa shape index (κ1) is 14.0. The topological polar surface area (TPSA) is 49.8 Å². The maximum Gasteiger partial charge on any atom is 0.257 e. The summed E-state index contributed by atoms with van der Waals surface area (Å²) in [6.45, 7) is 0.665. The minimum Gasteiger partial charge on any atom is -0.507 e. The molecule has 104 valence electrons. The number of aromatic hydroxyl groups is 1. The number of amides is 1. The van der Waals surface area contributed by atoms with Gasteiger partial charge in [-0.3, -0.25) is 4.79 Å². The van der Waals surface area contributed by atoms with Crippen LogP contribution in [0.2, 0.25) is 0 Å². The number of nitrogens with zero attached hydrogens (tertiary/aromatic N) is 1. The number of rotatable bonds is 4. The molecule has 0 radical (unpaired) electrons. The molecule has 0 bridgehead atoms. The van der Waals surface area contributed by atoms with Gasteiger partial charge in [0.05, 0.1) is 12.7 Å². The molecule has 1 aliphatic rings. The Kier molecular flexibility index (Phi) is 4.20. The van der Waals surface area contributed by atoms with Gasteiger partial charge in [-0.1, -0.05) is 0 Å². The lowest BCUT2D eigenvalue weighted by molar-refractivity contribution is 0.0743. The number of benzene rings is 1. The smallest absolute Gasteiger partial charge is 0.257 e. The van der Waals surface area contributed by atoms with Crippen molar-refractivity contribution in [3.63, 3.8) is 0 Å². The molecule has 0 saturated heterocycles. The molecule has 0 aromatic heterocycles. The van der Waals surface area contributed by atoms with Crippen LogP contribution in [0.5, 0.6) is 11.5 Å². The Balaban J connectivity index is 2.05. The summed E-state index contributed by atoms with van der Waals surface area (Å²) < 4.78 is 5.07. The Morgan fingerprint density at radius 1 is 1.53 bits per heavy atom. The normalized spacial score (nSPS) is 21.6. The number of carbonyl (C=O) groups excluding carboxylic acids is 1. The van der Waals surface area contributed by atoms with Crippen LogP contribution in [0.1, 0.15) is 23.2 Å². The first-order valence-corrected chi connectivity index (χ1v) is 6.71. The highest BCUT2D eigenvalue weighted by Crippen LogP contribution is 2.33. The molecular formula is C14H18ClNO3. The second-order valence-electron chi connectivity index (χ2n) is 5.00. The molecule has 1 saturated carbocycles. The van der Waals surface area contributed by atoms with Gasteiger partial charge in [-0.15, -0.1) is 11.6 Å². The van der Waals surface area contributed by atoms with Gasteiger partial charge < -0.3 is 14.7 Å². The first-order valence-electron chi connectivity index (χ1n) is 6.27. The van der Waals surface area contributed by atoms with Crippen molar-refractivity contribution in [1.82, 2.24) is 4.90 Å². The van der Waals surface area contributed by atoms with Crippen molar-refractivity contribution in [3.8, 4) is 11.5 Å².